The van der Waals surface area contributed by atoms with Gasteiger partial charge in [0, 0.05) is 11.6 Å². The van der Waals surface area contributed by atoms with Crippen molar-refractivity contribution in [2.45, 2.75) is 39.0 Å². The van der Waals surface area contributed by atoms with Gasteiger partial charge in [-0.25, -0.2) is 0 Å². The molecule has 0 saturated heterocycles. The van der Waals surface area contributed by atoms with Crippen molar-refractivity contribution in [1.29, 1.82) is 0 Å². The number of unbranched alkanes of at least 4 members (excludes halogenated alkanes) is 3. The molecular formula is C14H20ClNO. The van der Waals surface area contributed by atoms with Gasteiger partial charge in [-0.1, -0.05) is 49.9 Å². The Hall–Kier alpha value is -1.02. The summed E-state index contributed by atoms with van der Waals surface area (Å²) < 4.78 is 0. The third-order valence-corrected chi connectivity index (χ3v) is 2.88. The van der Waals surface area contributed by atoms with E-state index in [0.717, 1.165) is 18.5 Å². The predicted octanol–water partition coefficient (Wildman–Crippen LogP) is 3.58. The molecule has 0 aliphatic carbocycles. The average Bonchev–Trinajstić information content (AvgIpc) is 2.32. The summed E-state index contributed by atoms with van der Waals surface area (Å²) in [5.74, 6) is 0.0869. The van der Waals surface area contributed by atoms with E-state index in [0.29, 0.717) is 11.4 Å². The second kappa shape index (κ2) is 8.13. The van der Waals surface area contributed by atoms with E-state index in [1.54, 1.807) is 0 Å². The fraction of sp³-hybridized carbons (Fsp3) is 0.500. The molecule has 0 aliphatic heterocycles. The number of halogens is 1. The van der Waals surface area contributed by atoms with Crippen molar-refractivity contribution in [3.8, 4) is 0 Å². The smallest absolute Gasteiger partial charge is 0.224 e. The number of hydrogen-bond donors (Lipinski definition) is 1. The zero-order valence-electron chi connectivity index (χ0n) is 10.3. The number of nitrogens with one attached hydrogen (secondary N) is 1. The lowest BCUT2D eigenvalue weighted by Crippen LogP contribution is -2.26. The van der Waals surface area contributed by atoms with Gasteiger partial charge in [-0.15, -0.1) is 0 Å². The van der Waals surface area contributed by atoms with Crippen molar-refractivity contribution in [3.05, 3.63) is 34.9 Å². The summed E-state index contributed by atoms with van der Waals surface area (Å²) in [4.78, 5) is 11.6. The van der Waals surface area contributed by atoms with Crippen LogP contribution in [0.4, 0.5) is 0 Å². The van der Waals surface area contributed by atoms with Crippen LogP contribution in [-0.4, -0.2) is 12.5 Å². The molecule has 0 radical (unpaired) electrons. The minimum absolute atomic E-state index is 0.0869. The van der Waals surface area contributed by atoms with E-state index in [-0.39, 0.29) is 5.91 Å². The summed E-state index contributed by atoms with van der Waals surface area (Å²) >= 11 is 5.78. The lowest BCUT2D eigenvalue weighted by molar-refractivity contribution is -0.120. The third-order valence-electron chi connectivity index (χ3n) is 2.63. The van der Waals surface area contributed by atoms with Crippen LogP contribution < -0.4 is 5.32 Å². The minimum atomic E-state index is 0.0869. The highest BCUT2D eigenvalue weighted by Crippen LogP contribution is 2.09. The fourth-order valence-corrected chi connectivity index (χ4v) is 1.76. The molecule has 1 amide bonds. The van der Waals surface area contributed by atoms with Crippen molar-refractivity contribution in [3.63, 3.8) is 0 Å². The van der Waals surface area contributed by atoms with Crippen LogP contribution in [0.15, 0.2) is 24.3 Å². The van der Waals surface area contributed by atoms with Crippen LogP contribution in [0.1, 0.15) is 38.2 Å². The molecular weight excluding hydrogens is 234 g/mol. The van der Waals surface area contributed by atoms with Gasteiger partial charge in [-0.05, 0) is 24.1 Å². The maximum Gasteiger partial charge on any atom is 0.224 e. The van der Waals surface area contributed by atoms with Gasteiger partial charge in [0.15, 0.2) is 0 Å². The van der Waals surface area contributed by atoms with Crippen LogP contribution in [0.5, 0.6) is 0 Å². The zero-order valence-corrected chi connectivity index (χ0v) is 11.1. The quantitative estimate of drug-likeness (QED) is 0.740. The van der Waals surface area contributed by atoms with Crippen LogP contribution in [0.25, 0.3) is 0 Å². The molecule has 2 nitrogen and oxygen atoms in total. The van der Waals surface area contributed by atoms with Gasteiger partial charge in [0.1, 0.15) is 0 Å². The Labute approximate surface area is 108 Å². The maximum absolute atomic E-state index is 11.6. The lowest BCUT2D eigenvalue weighted by atomic mass is 10.1. The number of rotatable bonds is 7. The molecule has 0 aliphatic rings. The van der Waals surface area contributed by atoms with Crippen molar-refractivity contribution in [1.82, 2.24) is 5.32 Å². The van der Waals surface area contributed by atoms with Crippen LogP contribution in [0.2, 0.25) is 5.02 Å². The normalized spacial score (nSPS) is 10.2. The Balaban J connectivity index is 2.18. The summed E-state index contributed by atoms with van der Waals surface area (Å²) in [5.41, 5.74) is 1.00. The Morgan fingerprint density at radius 2 is 1.88 bits per heavy atom. The van der Waals surface area contributed by atoms with Gasteiger partial charge < -0.3 is 5.32 Å². The van der Waals surface area contributed by atoms with Gasteiger partial charge in [0.25, 0.3) is 0 Å². The number of carbonyl (C=O) groups excluding carboxylic acids is 1. The van der Waals surface area contributed by atoms with E-state index in [4.69, 9.17) is 11.6 Å². The molecule has 0 saturated carbocycles. The monoisotopic (exact) mass is 253 g/mol. The van der Waals surface area contributed by atoms with E-state index >= 15 is 0 Å². The van der Waals surface area contributed by atoms with Crippen LogP contribution in [0, 0.1) is 0 Å². The fourth-order valence-electron chi connectivity index (χ4n) is 1.63. The first-order valence-corrected chi connectivity index (χ1v) is 6.61. The molecule has 0 spiro atoms. The second-order valence-corrected chi connectivity index (χ2v) is 4.65. The topological polar surface area (TPSA) is 29.1 Å². The number of amides is 1. The Morgan fingerprint density at radius 3 is 2.53 bits per heavy atom. The standard InChI is InChI=1S/C14H20ClNO/c1-2-3-4-5-10-16-14(17)11-12-6-8-13(15)9-7-12/h6-9H,2-5,10-11H2,1H3,(H,16,17). The lowest BCUT2D eigenvalue weighted by Gasteiger charge is -2.05. The van der Waals surface area contributed by atoms with E-state index in [2.05, 4.69) is 12.2 Å². The van der Waals surface area contributed by atoms with Gasteiger partial charge in [-0.2, -0.15) is 0 Å². The number of benzene rings is 1. The molecule has 3 heteroatoms. The molecule has 0 atom stereocenters. The van der Waals surface area contributed by atoms with Gasteiger partial charge in [0.05, 0.1) is 6.42 Å². The molecule has 0 fully saturated rings. The molecule has 0 aromatic heterocycles. The SMILES string of the molecule is CCCCCCNC(=O)Cc1ccc(Cl)cc1. The van der Waals surface area contributed by atoms with Crippen LogP contribution >= 0.6 is 11.6 Å². The highest BCUT2D eigenvalue weighted by Gasteiger charge is 2.02. The second-order valence-electron chi connectivity index (χ2n) is 4.21. The largest absolute Gasteiger partial charge is 0.356 e. The predicted molar refractivity (Wildman–Crippen MR) is 72.3 cm³/mol. The third kappa shape index (κ3) is 6.32. The molecule has 94 valence electrons. The van der Waals surface area contributed by atoms with E-state index in [1.807, 2.05) is 24.3 Å². The maximum atomic E-state index is 11.6. The van der Waals surface area contributed by atoms with Gasteiger partial charge in [-0.3, -0.25) is 4.79 Å². The molecule has 1 N–H and O–H groups in total. The molecule has 1 aromatic carbocycles. The summed E-state index contributed by atoms with van der Waals surface area (Å²) in [6.45, 7) is 2.96. The van der Waals surface area contributed by atoms with Gasteiger partial charge in [0.2, 0.25) is 5.91 Å². The molecule has 0 bridgehead atoms. The Bertz CT molecular complexity index is 335. The number of carbonyl (C=O) groups is 1. The van der Waals surface area contributed by atoms with Crippen LogP contribution in [-0.2, 0) is 11.2 Å². The molecule has 1 aromatic rings. The molecule has 17 heavy (non-hydrogen) atoms. The van der Waals surface area contributed by atoms with Crippen molar-refractivity contribution >= 4 is 17.5 Å². The summed E-state index contributed by atoms with van der Waals surface area (Å²) in [7, 11) is 0. The van der Waals surface area contributed by atoms with E-state index in [9.17, 15) is 4.79 Å². The molecule has 1 rings (SSSR count). The van der Waals surface area contributed by atoms with Crippen molar-refractivity contribution in [2.75, 3.05) is 6.54 Å². The summed E-state index contributed by atoms with van der Waals surface area (Å²) in [5, 5.41) is 3.64. The highest BCUT2D eigenvalue weighted by molar-refractivity contribution is 6.30. The minimum Gasteiger partial charge on any atom is -0.356 e. The summed E-state index contributed by atoms with van der Waals surface area (Å²) in [6, 6.07) is 7.40. The highest BCUT2D eigenvalue weighted by atomic mass is 35.5. The van der Waals surface area contributed by atoms with Crippen molar-refractivity contribution < 1.29 is 4.79 Å². The zero-order chi connectivity index (χ0) is 12.5. The Kier molecular flexibility index (Phi) is 6.71. The molecule has 0 unspecified atom stereocenters. The van der Waals surface area contributed by atoms with E-state index in [1.165, 1.54) is 19.3 Å². The van der Waals surface area contributed by atoms with Crippen LogP contribution in [0.3, 0.4) is 0 Å². The Morgan fingerprint density at radius 1 is 1.18 bits per heavy atom. The van der Waals surface area contributed by atoms with E-state index < -0.39 is 0 Å². The number of hydrogen-bond acceptors (Lipinski definition) is 1. The first-order chi connectivity index (χ1) is 8.22. The molecule has 0 heterocycles. The van der Waals surface area contributed by atoms with Gasteiger partial charge >= 0.3 is 0 Å². The first-order valence-electron chi connectivity index (χ1n) is 6.23. The van der Waals surface area contributed by atoms with Crippen molar-refractivity contribution in [2.24, 2.45) is 0 Å². The summed E-state index contributed by atoms with van der Waals surface area (Å²) in [6.07, 6.45) is 5.16. The average molecular weight is 254 g/mol. The first kappa shape index (κ1) is 14.0.